The summed E-state index contributed by atoms with van der Waals surface area (Å²) in [7, 11) is 0. The Morgan fingerprint density at radius 2 is 2.29 bits per heavy atom. The Bertz CT molecular complexity index is 647. The second kappa shape index (κ2) is 5.55. The number of aryl methyl sites for hydroxylation is 1. The summed E-state index contributed by atoms with van der Waals surface area (Å²) >= 11 is 0. The summed E-state index contributed by atoms with van der Waals surface area (Å²) in [5, 5.41) is 3.97. The molecular weight excluding hydrogens is 266 g/mol. The predicted molar refractivity (Wildman–Crippen MR) is 79.2 cm³/mol. The first-order valence-corrected chi connectivity index (χ1v) is 7.12. The van der Waals surface area contributed by atoms with Crippen molar-refractivity contribution in [3.8, 4) is 0 Å². The highest BCUT2D eigenvalue weighted by Gasteiger charge is 2.32. The molecule has 3 rings (SSSR count). The Kier molecular flexibility index (Phi) is 3.60. The average molecular weight is 285 g/mol. The first-order chi connectivity index (χ1) is 10.1. The van der Waals surface area contributed by atoms with E-state index in [-0.39, 0.29) is 18.4 Å². The van der Waals surface area contributed by atoms with E-state index in [1.807, 2.05) is 11.0 Å². The summed E-state index contributed by atoms with van der Waals surface area (Å²) in [5.74, 6) is 0.253. The molecule has 21 heavy (non-hydrogen) atoms. The Hall–Kier alpha value is -2.37. The van der Waals surface area contributed by atoms with E-state index >= 15 is 0 Å². The third-order valence-corrected chi connectivity index (χ3v) is 3.59. The number of carbonyl (C=O) groups is 1. The van der Waals surface area contributed by atoms with Crippen molar-refractivity contribution in [2.24, 2.45) is 0 Å². The van der Waals surface area contributed by atoms with E-state index in [9.17, 15) is 4.79 Å². The van der Waals surface area contributed by atoms with Gasteiger partial charge in [0.05, 0.1) is 0 Å². The van der Waals surface area contributed by atoms with E-state index in [1.54, 1.807) is 0 Å². The lowest BCUT2D eigenvalue weighted by Gasteiger charge is -2.22. The number of aromatic nitrogens is 3. The molecule has 0 aliphatic heterocycles. The first kappa shape index (κ1) is 13.6. The van der Waals surface area contributed by atoms with E-state index in [2.05, 4.69) is 35.2 Å². The molecule has 1 heterocycles. The molecule has 1 aliphatic rings. The van der Waals surface area contributed by atoms with Crippen LogP contribution in [0.4, 0.5) is 5.95 Å². The zero-order valence-corrected chi connectivity index (χ0v) is 12.1. The van der Waals surface area contributed by atoms with Crippen LogP contribution in [0.2, 0.25) is 0 Å². The van der Waals surface area contributed by atoms with Gasteiger partial charge in [0.1, 0.15) is 12.9 Å². The molecule has 1 aromatic heterocycles. The highest BCUT2D eigenvalue weighted by Crippen LogP contribution is 2.28. The van der Waals surface area contributed by atoms with Crippen LogP contribution in [-0.4, -0.2) is 31.6 Å². The molecule has 0 atom stereocenters. The van der Waals surface area contributed by atoms with Gasteiger partial charge in [-0.3, -0.25) is 4.79 Å². The molecule has 0 bridgehead atoms. The molecule has 1 fully saturated rings. The maximum atomic E-state index is 12.5. The molecule has 0 radical (unpaired) electrons. The Balaban J connectivity index is 1.70. The van der Waals surface area contributed by atoms with Gasteiger partial charge >= 0.3 is 0 Å². The maximum absolute atomic E-state index is 12.5. The van der Waals surface area contributed by atoms with Crippen molar-refractivity contribution in [1.82, 2.24) is 19.7 Å². The van der Waals surface area contributed by atoms with Crippen LogP contribution in [0.1, 0.15) is 24.0 Å². The van der Waals surface area contributed by atoms with Gasteiger partial charge in [0, 0.05) is 12.6 Å². The third-order valence-electron chi connectivity index (χ3n) is 3.59. The normalized spacial score (nSPS) is 14.1. The lowest BCUT2D eigenvalue weighted by molar-refractivity contribution is -0.133. The number of nitrogens with zero attached hydrogens (tertiary/aromatic N) is 4. The summed E-state index contributed by atoms with van der Waals surface area (Å²) in [4.78, 5) is 18.3. The molecule has 1 aliphatic carbocycles. The zero-order valence-electron chi connectivity index (χ0n) is 12.1. The minimum atomic E-state index is 0.0592. The zero-order chi connectivity index (χ0) is 14.8. The molecule has 0 spiro atoms. The minimum absolute atomic E-state index is 0.0592. The fourth-order valence-electron chi connectivity index (χ4n) is 2.43. The minimum Gasteiger partial charge on any atom is -0.367 e. The van der Waals surface area contributed by atoms with E-state index in [0.717, 1.165) is 18.4 Å². The summed E-state index contributed by atoms with van der Waals surface area (Å²) < 4.78 is 1.49. The van der Waals surface area contributed by atoms with Gasteiger partial charge in [-0.25, -0.2) is 9.67 Å². The van der Waals surface area contributed by atoms with E-state index < -0.39 is 0 Å². The molecule has 6 heteroatoms. The number of anilines is 1. The summed E-state index contributed by atoms with van der Waals surface area (Å²) in [6, 6.07) is 8.63. The van der Waals surface area contributed by atoms with Crippen LogP contribution >= 0.6 is 0 Å². The first-order valence-electron chi connectivity index (χ1n) is 7.12. The summed E-state index contributed by atoms with van der Waals surface area (Å²) in [6.07, 6.45) is 3.65. The van der Waals surface area contributed by atoms with Gasteiger partial charge < -0.3 is 10.6 Å². The molecule has 6 nitrogen and oxygen atoms in total. The quantitative estimate of drug-likeness (QED) is 0.900. The van der Waals surface area contributed by atoms with Crippen molar-refractivity contribution >= 4 is 11.9 Å². The average Bonchev–Trinajstić information content (AvgIpc) is 3.20. The molecule has 0 unspecified atom stereocenters. The molecule has 1 amide bonds. The lowest BCUT2D eigenvalue weighted by Crippen LogP contribution is -2.35. The van der Waals surface area contributed by atoms with Crippen LogP contribution < -0.4 is 5.73 Å². The fraction of sp³-hybridized carbons (Fsp3) is 0.400. The van der Waals surface area contributed by atoms with Gasteiger partial charge in [-0.15, -0.1) is 5.10 Å². The van der Waals surface area contributed by atoms with Crippen molar-refractivity contribution < 1.29 is 4.79 Å². The van der Waals surface area contributed by atoms with E-state index in [0.29, 0.717) is 12.6 Å². The van der Waals surface area contributed by atoms with Crippen molar-refractivity contribution in [2.75, 3.05) is 5.73 Å². The second-order valence-electron chi connectivity index (χ2n) is 5.54. The van der Waals surface area contributed by atoms with Gasteiger partial charge in [0.15, 0.2) is 0 Å². The highest BCUT2D eigenvalue weighted by atomic mass is 16.2. The molecule has 2 aromatic rings. The van der Waals surface area contributed by atoms with Gasteiger partial charge in [-0.2, -0.15) is 0 Å². The van der Waals surface area contributed by atoms with Crippen molar-refractivity contribution in [1.29, 1.82) is 0 Å². The number of nitrogens with two attached hydrogens (primary N) is 1. The Morgan fingerprint density at radius 3 is 2.90 bits per heavy atom. The lowest BCUT2D eigenvalue weighted by atomic mass is 10.1. The molecular formula is C15H19N5O. The van der Waals surface area contributed by atoms with Crippen LogP contribution in [0, 0.1) is 6.92 Å². The topological polar surface area (TPSA) is 77.0 Å². The smallest absolute Gasteiger partial charge is 0.244 e. The molecule has 110 valence electrons. The Morgan fingerprint density at radius 1 is 1.48 bits per heavy atom. The van der Waals surface area contributed by atoms with Crippen LogP contribution in [-0.2, 0) is 17.9 Å². The van der Waals surface area contributed by atoms with Crippen molar-refractivity contribution in [3.63, 3.8) is 0 Å². The second-order valence-corrected chi connectivity index (χ2v) is 5.54. The third kappa shape index (κ3) is 3.39. The number of nitrogen functional groups attached to an aromatic ring is 1. The van der Waals surface area contributed by atoms with Crippen LogP contribution in [0.3, 0.4) is 0 Å². The molecule has 1 aromatic carbocycles. The summed E-state index contributed by atoms with van der Waals surface area (Å²) in [5.41, 5.74) is 7.84. The largest absolute Gasteiger partial charge is 0.367 e. The Labute approximate surface area is 123 Å². The van der Waals surface area contributed by atoms with Gasteiger partial charge in [-0.1, -0.05) is 29.8 Å². The van der Waals surface area contributed by atoms with Crippen LogP contribution in [0.5, 0.6) is 0 Å². The molecule has 0 saturated heterocycles. The monoisotopic (exact) mass is 285 g/mol. The predicted octanol–water partition coefficient (Wildman–Crippen LogP) is 1.36. The number of hydrogen-bond acceptors (Lipinski definition) is 4. The van der Waals surface area contributed by atoms with E-state index in [1.165, 1.54) is 16.6 Å². The van der Waals surface area contributed by atoms with Crippen molar-refractivity contribution in [3.05, 3.63) is 41.7 Å². The number of amides is 1. The fourth-order valence-corrected chi connectivity index (χ4v) is 2.43. The van der Waals surface area contributed by atoms with Gasteiger partial charge in [-0.05, 0) is 25.3 Å². The number of hydrogen-bond donors (Lipinski definition) is 1. The van der Waals surface area contributed by atoms with Crippen LogP contribution in [0.15, 0.2) is 30.6 Å². The maximum Gasteiger partial charge on any atom is 0.244 e. The van der Waals surface area contributed by atoms with Crippen LogP contribution in [0.25, 0.3) is 0 Å². The molecule has 1 saturated carbocycles. The number of rotatable bonds is 5. The standard InChI is InChI=1S/C15H19N5O/c1-11-3-2-4-12(7-11)8-20(13-5-6-13)14(21)9-19-10-17-15(16)18-19/h2-4,7,10,13H,5-6,8-9H2,1H3,(H2,16,18). The van der Waals surface area contributed by atoms with Gasteiger partial charge in [0.25, 0.3) is 0 Å². The summed E-state index contributed by atoms with van der Waals surface area (Å²) in [6.45, 7) is 2.90. The SMILES string of the molecule is Cc1cccc(CN(C(=O)Cn2cnc(N)n2)C2CC2)c1. The van der Waals surface area contributed by atoms with E-state index in [4.69, 9.17) is 5.73 Å². The van der Waals surface area contributed by atoms with Gasteiger partial charge in [0.2, 0.25) is 11.9 Å². The number of benzene rings is 1. The van der Waals surface area contributed by atoms with Crippen molar-refractivity contribution in [2.45, 2.75) is 38.9 Å². The molecule has 2 N–H and O–H groups in total. The number of carbonyl (C=O) groups excluding carboxylic acids is 1. The highest BCUT2D eigenvalue weighted by molar-refractivity contribution is 5.76.